The van der Waals surface area contributed by atoms with E-state index in [4.69, 9.17) is 0 Å². The first kappa shape index (κ1) is 24.1. The van der Waals surface area contributed by atoms with Gasteiger partial charge in [-0.1, -0.05) is 60.7 Å². The van der Waals surface area contributed by atoms with Crippen LogP contribution < -0.4 is 0 Å². The van der Waals surface area contributed by atoms with E-state index in [1.165, 1.54) is 80.7 Å². The van der Waals surface area contributed by atoms with Crippen LogP contribution in [0.4, 0.5) is 0 Å². The zero-order valence-corrected chi connectivity index (χ0v) is 25.7. The third-order valence-corrected chi connectivity index (χ3v) is 13.5. The largest absolute Gasteiger partial charge is 0.135 e. The van der Waals surface area contributed by atoms with E-state index in [9.17, 15) is 0 Å². The molecule has 0 radical (unpaired) electrons. The molecule has 0 saturated heterocycles. The molecular weight excluding hydrogens is 593 g/mol. The average molecular weight is 613 g/mol. The van der Waals surface area contributed by atoms with Crippen LogP contribution >= 0.6 is 56.7 Å². The monoisotopic (exact) mass is 612 g/mol. The smallest absolute Gasteiger partial charge is 0.0455 e. The van der Waals surface area contributed by atoms with E-state index in [1.807, 2.05) is 56.7 Å². The van der Waals surface area contributed by atoms with E-state index in [2.05, 4.69) is 121 Å². The van der Waals surface area contributed by atoms with Crippen molar-refractivity contribution in [2.24, 2.45) is 0 Å². The molecule has 41 heavy (non-hydrogen) atoms. The molecule has 9 aromatic rings. The van der Waals surface area contributed by atoms with Gasteiger partial charge in [-0.2, -0.15) is 0 Å². The van der Waals surface area contributed by atoms with Crippen molar-refractivity contribution < 1.29 is 0 Å². The molecule has 4 aromatic carbocycles. The van der Waals surface area contributed by atoms with E-state index in [0.29, 0.717) is 0 Å². The Morgan fingerprint density at radius 1 is 0.293 bits per heavy atom. The van der Waals surface area contributed by atoms with Gasteiger partial charge in [0.05, 0.1) is 0 Å². The fraction of sp³-hybridized carbons (Fsp3) is 0. The molecule has 0 aliphatic rings. The number of fused-ring (bicyclic) bond motifs is 5. The Morgan fingerprint density at radius 3 is 1.20 bits per heavy atom. The summed E-state index contributed by atoms with van der Waals surface area (Å²) in [5, 5.41) is 5.42. The molecule has 0 spiro atoms. The second-order valence-electron chi connectivity index (χ2n) is 10.2. The Labute approximate surface area is 257 Å². The van der Waals surface area contributed by atoms with E-state index in [0.717, 1.165) is 0 Å². The Balaban J connectivity index is 1.10. The molecule has 9 rings (SSSR count). The Bertz CT molecular complexity index is 2190. The summed E-state index contributed by atoms with van der Waals surface area (Å²) in [5.74, 6) is 0. The highest BCUT2D eigenvalue weighted by molar-refractivity contribution is 7.29. The van der Waals surface area contributed by atoms with Crippen LogP contribution in [0.2, 0.25) is 0 Å². The van der Waals surface area contributed by atoms with Crippen LogP contribution in [0.25, 0.3) is 80.7 Å². The minimum Gasteiger partial charge on any atom is -0.135 e. The lowest BCUT2D eigenvalue weighted by atomic mass is 10.1. The Kier molecular flexibility index (Phi) is 5.56. The van der Waals surface area contributed by atoms with Crippen molar-refractivity contribution >= 4 is 97.0 Å². The zero-order valence-electron chi connectivity index (χ0n) is 21.6. The molecule has 0 saturated carbocycles. The van der Waals surface area contributed by atoms with Gasteiger partial charge in [-0.3, -0.25) is 0 Å². The molecule has 0 amide bonds. The van der Waals surface area contributed by atoms with Gasteiger partial charge in [-0.05, 0) is 82.6 Å². The third kappa shape index (κ3) is 4.11. The van der Waals surface area contributed by atoms with Crippen molar-refractivity contribution in [2.45, 2.75) is 0 Å². The summed E-state index contributed by atoms with van der Waals surface area (Å²) in [7, 11) is 0. The molecule has 0 fully saturated rings. The normalized spacial score (nSPS) is 11.9. The minimum absolute atomic E-state index is 1.29. The predicted octanol–water partition coefficient (Wildman–Crippen LogP) is 13.3. The van der Waals surface area contributed by atoms with Crippen LogP contribution in [-0.2, 0) is 0 Å². The van der Waals surface area contributed by atoms with Gasteiger partial charge in [-0.25, -0.2) is 0 Å². The van der Waals surface area contributed by atoms with E-state index < -0.39 is 0 Å². The maximum atomic E-state index is 2.42. The van der Waals surface area contributed by atoms with E-state index in [1.54, 1.807) is 0 Å². The highest BCUT2D eigenvalue weighted by Crippen LogP contribution is 2.46. The molecule has 0 unspecified atom stereocenters. The molecule has 0 atom stereocenters. The van der Waals surface area contributed by atoms with Gasteiger partial charge in [0.2, 0.25) is 0 Å². The number of hydrogen-bond donors (Lipinski definition) is 0. The van der Waals surface area contributed by atoms with Crippen LogP contribution in [-0.4, -0.2) is 0 Å². The standard InChI is InChI=1S/C36H20S5/c1-3-7-21(8-4-1)27-11-13-29(37-27)35-17-23-15-25-26-16-24-18-36(30-14-12-28(38-30)22-9-5-2-6-10-22)40-32(24)20-34(26)41-33(25)19-31(23)39-35/h1-20H. The van der Waals surface area contributed by atoms with Gasteiger partial charge in [0.1, 0.15) is 0 Å². The lowest BCUT2D eigenvalue weighted by molar-refractivity contribution is 1.70. The molecule has 5 aromatic heterocycles. The van der Waals surface area contributed by atoms with Gasteiger partial charge in [0.15, 0.2) is 0 Å². The van der Waals surface area contributed by atoms with Gasteiger partial charge in [-0.15, -0.1) is 56.7 Å². The minimum atomic E-state index is 1.29. The summed E-state index contributed by atoms with van der Waals surface area (Å²) in [5.41, 5.74) is 2.57. The lowest BCUT2D eigenvalue weighted by Crippen LogP contribution is -1.68. The molecule has 0 bridgehead atoms. The maximum absolute atomic E-state index is 2.42. The van der Waals surface area contributed by atoms with Gasteiger partial charge >= 0.3 is 0 Å². The van der Waals surface area contributed by atoms with Crippen molar-refractivity contribution in [1.29, 1.82) is 0 Å². The highest BCUT2D eigenvalue weighted by atomic mass is 32.1. The average Bonchev–Trinajstić information content (AvgIpc) is 3.84. The molecule has 194 valence electrons. The fourth-order valence-corrected chi connectivity index (χ4v) is 11.2. The molecule has 5 heterocycles. The summed E-state index contributed by atoms with van der Waals surface area (Å²) in [4.78, 5) is 8.03. The van der Waals surface area contributed by atoms with Crippen molar-refractivity contribution in [1.82, 2.24) is 0 Å². The summed E-state index contributed by atoms with van der Waals surface area (Å²) in [6.07, 6.45) is 0. The molecule has 0 aliphatic carbocycles. The number of benzene rings is 4. The van der Waals surface area contributed by atoms with Crippen LogP contribution in [0, 0.1) is 0 Å². The number of thiophene rings is 5. The number of hydrogen-bond acceptors (Lipinski definition) is 5. The van der Waals surface area contributed by atoms with Crippen LogP contribution in [0.3, 0.4) is 0 Å². The quantitative estimate of drug-likeness (QED) is 0.185. The summed E-state index contributed by atoms with van der Waals surface area (Å²) < 4.78 is 5.48. The van der Waals surface area contributed by atoms with E-state index >= 15 is 0 Å². The second-order valence-corrected chi connectivity index (χ2v) is 15.6. The summed E-state index contributed by atoms with van der Waals surface area (Å²) in [6.45, 7) is 0. The molecule has 0 aliphatic heterocycles. The molecular formula is C36H20S5. The first-order chi connectivity index (χ1) is 20.2. The topological polar surface area (TPSA) is 0 Å². The van der Waals surface area contributed by atoms with E-state index in [-0.39, 0.29) is 0 Å². The second kappa shape index (κ2) is 9.48. The maximum Gasteiger partial charge on any atom is 0.0455 e. The molecule has 0 N–H and O–H groups in total. The Hall–Kier alpha value is -3.58. The Morgan fingerprint density at radius 2 is 0.732 bits per heavy atom. The summed E-state index contributed by atoms with van der Waals surface area (Å²) in [6, 6.07) is 44.8. The van der Waals surface area contributed by atoms with Crippen molar-refractivity contribution in [3.63, 3.8) is 0 Å². The van der Waals surface area contributed by atoms with Crippen LogP contribution in [0.15, 0.2) is 121 Å². The third-order valence-electron chi connectivity index (χ3n) is 7.56. The highest BCUT2D eigenvalue weighted by Gasteiger charge is 2.15. The van der Waals surface area contributed by atoms with Gasteiger partial charge < -0.3 is 0 Å². The predicted molar refractivity (Wildman–Crippen MR) is 188 cm³/mol. The fourth-order valence-electron chi connectivity index (χ4n) is 5.54. The first-order valence-electron chi connectivity index (χ1n) is 13.4. The molecule has 5 heteroatoms. The number of rotatable bonds is 4. The van der Waals surface area contributed by atoms with Crippen molar-refractivity contribution in [3.05, 3.63) is 121 Å². The van der Waals surface area contributed by atoms with Crippen molar-refractivity contribution in [2.75, 3.05) is 0 Å². The van der Waals surface area contributed by atoms with Gasteiger partial charge in [0.25, 0.3) is 0 Å². The van der Waals surface area contributed by atoms with Crippen LogP contribution in [0.5, 0.6) is 0 Å². The molecule has 0 nitrogen and oxygen atoms in total. The van der Waals surface area contributed by atoms with Crippen molar-refractivity contribution in [3.8, 4) is 40.4 Å². The zero-order chi connectivity index (χ0) is 26.9. The van der Waals surface area contributed by atoms with Gasteiger partial charge in [0, 0.05) is 58.8 Å². The summed E-state index contributed by atoms with van der Waals surface area (Å²) >= 11 is 9.50. The first-order valence-corrected chi connectivity index (χ1v) is 17.5. The SMILES string of the molecule is c1ccc(-c2ccc(-c3cc4cc5c(cc4s3)sc3cc4sc(-c6ccc(-c7ccccc7)s6)cc4cc35)s2)cc1. The van der Waals surface area contributed by atoms with Crippen LogP contribution in [0.1, 0.15) is 0 Å². The lowest BCUT2D eigenvalue weighted by Gasteiger charge is -1.94.